The summed E-state index contributed by atoms with van der Waals surface area (Å²) >= 11 is 6.04. The van der Waals surface area contributed by atoms with Gasteiger partial charge in [-0.3, -0.25) is 9.59 Å². The molecule has 3 rings (SSSR count). The summed E-state index contributed by atoms with van der Waals surface area (Å²) in [6, 6.07) is 3.59. The molecular formula is C17H17ClN4O2. The second kappa shape index (κ2) is 6.20. The molecule has 124 valence electrons. The molecule has 2 aliphatic rings. The van der Waals surface area contributed by atoms with Crippen molar-refractivity contribution in [1.82, 2.24) is 14.8 Å². The van der Waals surface area contributed by atoms with E-state index in [1.165, 1.54) is 0 Å². The van der Waals surface area contributed by atoms with Gasteiger partial charge in [0.05, 0.1) is 6.42 Å². The Labute approximate surface area is 145 Å². The zero-order valence-electron chi connectivity index (χ0n) is 13.4. The zero-order valence-corrected chi connectivity index (χ0v) is 14.2. The second-order valence-corrected chi connectivity index (χ2v) is 6.36. The molecule has 0 aromatic carbocycles. The molecular weight excluding hydrogens is 328 g/mol. The molecule has 0 saturated heterocycles. The van der Waals surface area contributed by atoms with Gasteiger partial charge < -0.3 is 9.80 Å². The zero-order chi connectivity index (χ0) is 17.3. The van der Waals surface area contributed by atoms with Crippen molar-refractivity contribution in [3.63, 3.8) is 0 Å². The van der Waals surface area contributed by atoms with E-state index in [9.17, 15) is 9.59 Å². The molecule has 1 aromatic rings. The van der Waals surface area contributed by atoms with Crippen LogP contribution in [0.25, 0.3) is 0 Å². The number of hydrogen-bond donors (Lipinski definition) is 0. The third-order valence-electron chi connectivity index (χ3n) is 4.21. The SMILES string of the molecule is CN(Cc1cccnc1Cl)C(=O)CC1(C)C(=O)N=C2C=CC=CN21. The van der Waals surface area contributed by atoms with Crippen molar-refractivity contribution in [2.75, 3.05) is 7.05 Å². The van der Waals surface area contributed by atoms with E-state index in [1.54, 1.807) is 48.3 Å². The van der Waals surface area contributed by atoms with Gasteiger partial charge in [0.15, 0.2) is 0 Å². The van der Waals surface area contributed by atoms with Gasteiger partial charge in [-0.15, -0.1) is 0 Å². The van der Waals surface area contributed by atoms with Gasteiger partial charge in [-0.05, 0) is 25.1 Å². The van der Waals surface area contributed by atoms with E-state index in [0.29, 0.717) is 17.5 Å². The van der Waals surface area contributed by atoms with Crippen LogP contribution in [0.3, 0.4) is 0 Å². The van der Waals surface area contributed by atoms with Crippen molar-refractivity contribution < 1.29 is 9.59 Å². The Morgan fingerprint density at radius 2 is 2.21 bits per heavy atom. The van der Waals surface area contributed by atoms with Crippen LogP contribution in [0.1, 0.15) is 18.9 Å². The number of rotatable bonds is 4. The van der Waals surface area contributed by atoms with E-state index < -0.39 is 5.54 Å². The highest BCUT2D eigenvalue weighted by Crippen LogP contribution is 2.31. The summed E-state index contributed by atoms with van der Waals surface area (Å²) in [5, 5.41) is 0.370. The van der Waals surface area contributed by atoms with Gasteiger partial charge in [-0.1, -0.05) is 23.7 Å². The summed E-state index contributed by atoms with van der Waals surface area (Å²) < 4.78 is 0. The van der Waals surface area contributed by atoms with E-state index in [2.05, 4.69) is 9.98 Å². The third-order valence-corrected chi connectivity index (χ3v) is 4.55. The Kier molecular flexibility index (Phi) is 4.24. The number of halogens is 1. The van der Waals surface area contributed by atoms with Crippen LogP contribution in [0.15, 0.2) is 47.7 Å². The van der Waals surface area contributed by atoms with Gasteiger partial charge in [0, 0.05) is 31.6 Å². The fourth-order valence-corrected chi connectivity index (χ4v) is 2.92. The molecule has 0 spiro atoms. The minimum atomic E-state index is -0.999. The average molecular weight is 345 g/mol. The van der Waals surface area contributed by atoms with Gasteiger partial charge >= 0.3 is 0 Å². The number of hydrogen-bond acceptors (Lipinski definition) is 4. The fraction of sp³-hybridized carbons (Fsp3) is 0.294. The van der Waals surface area contributed by atoms with Crippen LogP contribution in [0.4, 0.5) is 0 Å². The summed E-state index contributed by atoms with van der Waals surface area (Å²) in [6.07, 6.45) is 8.79. The Morgan fingerprint density at radius 3 is 2.96 bits per heavy atom. The number of amides is 2. The molecule has 0 radical (unpaired) electrons. The van der Waals surface area contributed by atoms with Crippen LogP contribution < -0.4 is 0 Å². The van der Waals surface area contributed by atoms with Crippen LogP contribution in [-0.4, -0.2) is 45.0 Å². The number of allylic oxidation sites excluding steroid dienone is 2. The Hall–Kier alpha value is -2.47. The molecule has 0 fully saturated rings. The number of carbonyl (C=O) groups excluding carboxylic acids is 2. The Balaban J connectivity index is 1.72. The number of nitrogens with zero attached hydrogens (tertiary/aromatic N) is 4. The van der Waals surface area contributed by atoms with Crippen LogP contribution in [0.5, 0.6) is 0 Å². The molecule has 0 saturated carbocycles. The lowest BCUT2D eigenvalue weighted by Crippen LogP contribution is -2.49. The number of aliphatic imine (C=N–C) groups is 1. The van der Waals surface area contributed by atoms with E-state index in [-0.39, 0.29) is 18.2 Å². The van der Waals surface area contributed by atoms with Gasteiger partial charge in [-0.2, -0.15) is 4.99 Å². The first-order valence-corrected chi connectivity index (χ1v) is 7.90. The first kappa shape index (κ1) is 16.4. The molecule has 0 bridgehead atoms. The summed E-state index contributed by atoms with van der Waals surface area (Å²) in [6.45, 7) is 2.07. The van der Waals surface area contributed by atoms with Crippen LogP contribution in [0.2, 0.25) is 5.15 Å². The van der Waals surface area contributed by atoms with Gasteiger partial charge in [0.25, 0.3) is 5.91 Å². The lowest BCUT2D eigenvalue weighted by atomic mass is 9.94. The summed E-state index contributed by atoms with van der Waals surface area (Å²) in [5.74, 6) is 0.0933. The first-order chi connectivity index (χ1) is 11.4. The van der Waals surface area contributed by atoms with Gasteiger partial charge in [0.1, 0.15) is 16.5 Å². The highest BCUT2D eigenvalue weighted by molar-refractivity contribution is 6.30. The smallest absolute Gasteiger partial charge is 0.274 e. The molecule has 2 aliphatic heterocycles. The number of carbonyl (C=O) groups is 2. The Bertz CT molecular complexity index is 787. The molecule has 0 aliphatic carbocycles. The lowest BCUT2D eigenvalue weighted by Gasteiger charge is -2.33. The largest absolute Gasteiger partial charge is 0.341 e. The average Bonchev–Trinajstić information content (AvgIpc) is 2.81. The number of amidine groups is 1. The Morgan fingerprint density at radius 1 is 1.42 bits per heavy atom. The molecule has 1 aromatic heterocycles. The summed E-state index contributed by atoms with van der Waals surface area (Å²) in [7, 11) is 1.68. The molecule has 6 nitrogen and oxygen atoms in total. The predicted molar refractivity (Wildman–Crippen MR) is 91.3 cm³/mol. The standard InChI is InChI=1S/C17H17ClN4O2/c1-17(16(24)20-13-7-3-4-9-22(13)17)10-14(23)21(2)11-12-6-5-8-19-15(12)18/h3-9H,10-11H2,1-2H3. The number of pyridine rings is 1. The fourth-order valence-electron chi connectivity index (χ4n) is 2.74. The first-order valence-electron chi connectivity index (χ1n) is 7.52. The number of aromatic nitrogens is 1. The molecule has 0 N–H and O–H groups in total. The highest BCUT2D eigenvalue weighted by Gasteiger charge is 2.47. The van der Waals surface area contributed by atoms with Gasteiger partial charge in [-0.25, -0.2) is 4.98 Å². The minimum absolute atomic E-state index is 0.0331. The van der Waals surface area contributed by atoms with E-state index in [0.717, 1.165) is 5.56 Å². The maximum Gasteiger partial charge on any atom is 0.274 e. The van der Waals surface area contributed by atoms with Crippen molar-refractivity contribution in [3.8, 4) is 0 Å². The van der Waals surface area contributed by atoms with Crippen LogP contribution >= 0.6 is 11.6 Å². The maximum atomic E-state index is 12.6. The lowest BCUT2D eigenvalue weighted by molar-refractivity contribution is -0.136. The van der Waals surface area contributed by atoms with Crippen LogP contribution in [0, 0.1) is 0 Å². The highest BCUT2D eigenvalue weighted by atomic mass is 35.5. The molecule has 2 amide bonds. The molecule has 24 heavy (non-hydrogen) atoms. The van der Waals surface area contributed by atoms with Crippen molar-refractivity contribution in [3.05, 3.63) is 53.5 Å². The summed E-state index contributed by atoms with van der Waals surface area (Å²) in [5.41, 5.74) is -0.239. The van der Waals surface area contributed by atoms with E-state index in [4.69, 9.17) is 11.6 Å². The maximum absolute atomic E-state index is 12.6. The normalized spacial score (nSPS) is 21.7. The minimum Gasteiger partial charge on any atom is -0.341 e. The molecule has 3 heterocycles. The van der Waals surface area contributed by atoms with Crippen molar-refractivity contribution in [1.29, 1.82) is 0 Å². The van der Waals surface area contributed by atoms with Crippen LogP contribution in [-0.2, 0) is 16.1 Å². The second-order valence-electron chi connectivity index (χ2n) is 6.00. The molecule has 1 unspecified atom stereocenters. The quantitative estimate of drug-likeness (QED) is 0.785. The third kappa shape index (κ3) is 2.85. The molecule has 7 heteroatoms. The van der Waals surface area contributed by atoms with Crippen molar-refractivity contribution in [2.45, 2.75) is 25.4 Å². The van der Waals surface area contributed by atoms with Crippen molar-refractivity contribution >= 4 is 29.3 Å². The number of fused-ring (bicyclic) bond motifs is 1. The predicted octanol–water partition coefficient (Wildman–Crippen LogP) is 2.17. The van der Waals surface area contributed by atoms with E-state index in [1.807, 2.05) is 18.2 Å². The monoisotopic (exact) mass is 344 g/mol. The summed E-state index contributed by atoms with van der Waals surface area (Å²) in [4.78, 5) is 36.3. The van der Waals surface area contributed by atoms with E-state index >= 15 is 0 Å². The topological polar surface area (TPSA) is 65.9 Å². The molecule has 1 atom stereocenters. The van der Waals surface area contributed by atoms with Gasteiger partial charge in [0.2, 0.25) is 5.91 Å². The van der Waals surface area contributed by atoms with Crippen molar-refractivity contribution in [2.24, 2.45) is 4.99 Å².